The molecule has 2 aromatic rings. The van der Waals surface area contributed by atoms with E-state index in [4.69, 9.17) is 4.74 Å². The van der Waals surface area contributed by atoms with Crippen LogP contribution in [0.1, 0.15) is 35.1 Å². The Bertz CT molecular complexity index is 789. The number of hydrogen-bond acceptors (Lipinski definition) is 2. The van der Waals surface area contributed by atoms with E-state index in [0.717, 1.165) is 23.7 Å². The maximum atomic E-state index is 13.1. The fourth-order valence-electron chi connectivity index (χ4n) is 4.48. The lowest BCUT2D eigenvalue weighted by Gasteiger charge is -2.39. The van der Waals surface area contributed by atoms with E-state index in [1.807, 2.05) is 18.2 Å². The number of fused-ring (bicyclic) bond motifs is 5. The lowest BCUT2D eigenvalue weighted by molar-refractivity contribution is -0.137. The van der Waals surface area contributed by atoms with Gasteiger partial charge in [-0.25, -0.2) is 0 Å². The minimum absolute atomic E-state index is 0.0405. The maximum Gasteiger partial charge on any atom is 0.416 e. The monoisotopic (exact) mass is 331 g/mol. The average Bonchev–Trinajstić information content (AvgIpc) is 3.24. The van der Waals surface area contributed by atoms with Gasteiger partial charge in [-0.15, -0.1) is 0 Å². The van der Waals surface area contributed by atoms with Crippen LogP contribution in [0.25, 0.3) is 0 Å². The molecule has 124 valence electrons. The van der Waals surface area contributed by atoms with Gasteiger partial charge in [-0.05, 0) is 41.7 Å². The highest BCUT2D eigenvalue weighted by molar-refractivity contribution is 5.60. The Labute approximate surface area is 137 Å². The molecule has 5 unspecified atom stereocenters. The van der Waals surface area contributed by atoms with Crippen molar-refractivity contribution in [1.29, 1.82) is 0 Å². The Morgan fingerprint density at radius 1 is 1.04 bits per heavy atom. The van der Waals surface area contributed by atoms with E-state index in [1.54, 1.807) is 6.07 Å². The fourth-order valence-corrected chi connectivity index (χ4v) is 4.48. The zero-order valence-electron chi connectivity index (χ0n) is 12.8. The normalized spacial score (nSPS) is 33.2. The Morgan fingerprint density at radius 2 is 1.83 bits per heavy atom. The SMILES string of the molecule is FC(F)(F)c1ccc2c(c1)C1C(CC3OC31)C(c1ccccc1)N2. The molecule has 2 heterocycles. The molecule has 24 heavy (non-hydrogen) atoms. The molecule has 1 N–H and O–H groups in total. The first-order valence-corrected chi connectivity index (χ1v) is 8.20. The molecule has 2 fully saturated rings. The standard InChI is InChI=1S/C19H16F3NO/c20-19(21,22)11-6-7-14-12(8-11)16-13(9-15-18(16)24-15)17(23-14)10-4-2-1-3-5-10/h1-8,13,15-18,23H,9H2. The molecule has 2 nitrogen and oxygen atoms in total. The van der Waals surface area contributed by atoms with Crippen molar-refractivity contribution < 1.29 is 17.9 Å². The van der Waals surface area contributed by atoms with Gasteiger partial charge in [0.05, 0.1) is 23.8 Å². The second-order valence-electron chi connectivity index (χ2n) is 6.90. The highest BCUT2D eigenvalue weighted by Crippen LogP contribution is 2.60. The van der Waals surface area contributed by atoms with E-state index in [-0.39, 0.29) is 30.1 Å². The molecule has 5 rings (SSSR count). The summed E-state index contributed by atoms with van der Waals surface area (Å²) in [7, 11) is 0. The van der Waals surface area contributed by atoms with Crippen LogP contribution in [0.15, 0.2) is 48.5 Å². The van der Waals surface area contributed by atoms with E-state index in [2.05, 4.69) is 17.4 Å². The van der Waals surface area contributed by atoms with Crippen molar-refractivity contribution in [3.8, 4) is 0 Å². The topological polar surface area (TPSA) is 24.6 Å². The Hall–Kier alpha value is -2.01. The summed E-state index contributed by atoms with van der Waals surface area (Å²) in [5.74, 6) is 0.311. The largest absolute Gasteiger partial charge is 0.416 e. The molecule has 1 saturated heterocycles. The van der Waals surface area contributed by atoms with Gasteiger partial charge >= 0.3 is 6.18 Å². The molecule has 0 spiro atoms. The molecule has 2 aromatic carbocycles. The van der Waals surface area contributed by atoms with Crippen LogP contribution in [0.4, 0.5) is 18.9 Å². The number of anilines is 1. The van der Waals surface area contributed by atoms with Gasteiger partial charge in [0.2, 0.25) is 0 Å². The number of rotatable bonds is 1. The van der Waals surface area contributed by atoms with Crippen LogP contribution in [-0.2, 0) is 10.9 Å². The Morgan fingerprint density at radius 3 is 2.58 bits per heavy atom. The average molecular weight is 331 g/mol. The number of nitrogens with one attached hydrogen (secondary N) is 1. The predicted molar refractivity (Wildman–Crippen MR) is 83.8 cm³/mol. The smallest absolute Gasteiger partial charge is 0.378 e. The highest BCUT2D eigenvalue weighted by Gasteiger charge is 2.59. The molecule has 5 atom stereocenters. The number of ether oxygens (including phenoxy) is 1. The molecule has 0 bridgehead atoms. The molecule has 3 aliphatic rings. The zero-order valence-corrected chi connectivity index (χ0v) is 12.8. The third-order valence-electron chi connectivity index (χ3n) is 5.58. The summed E-state index contributed by atoms with van der Waals surface area (Å²) >= 11 is 0. The van der Waals surface area contributed by atoms with Crippen molar-refractivity contribution in [1.82, 2.24) is 0 Å². The molecule has 0 amide bonds. The molecular weight excluding hydrogens is 315 g/mol. The number of epoxide rings is 1. The number of benzene rings is 2. The van der Waals surface area contributed by atoms with Crippen LogP contribution in [0.2, 0.25) is 0 Å². The van der Waals surface area contributed by atoms with E-state index in [1.165, 1.54) is 11.6 Å². The van der Waals surface area contributed by atoms with Crippen LogP contribution >= 0.6 is 0 Å². The van der Waals surface area contributed by atoms with Crippen molar-refractivity contribution in [2.45, 2.75) is 36.8 Å². The van der Waals surface area contributed by atoms with Gasteiger partial charge in [-0.1, -0.05) is 30.3 Å². The van der Waals surface area contributed by atoms with Gasteiger partial charge in [0, 0.05) is 11.6 Å². The van der Waals surface area contributed by atoms with E-state index in [9.17, 15) is 13.2 Å². The first kappa shape index (κ1) is 14.3. The highest BCUT2D eigenvalue weighted by atomic mass is 19.4. The summed E-state index contributed by atoms with van der Waals surface area (Å²) in [6.07, 6.45) is -3.14. The van der Waals surface area contributed by atoms with Crippen LogP contribution in [0, 0.1) is 5.92 Å². The molecule has 0 radical (unpaired) electrons. The van der Waals surface area contributed by atoms with E-state index < -0.39 is 11.7 Å². The summed E-state index contributed by atoms with van der Waals surface area (Å²) in [4.78, 5) is 0. The van der Waals surface area contributed by atoms with Crippen molar-refractivity contribution in [3.05, 3.63) is 65.2 Å². The van der Waals surface area contributed by atoms with Crippen LogP contribution in [0.3, 0.4) is 0 Å². The van der Waals surface area contributed by atoms with Gasteiger partial charge in [-0.3, -0.25) is 0 Å². The third kappa shape index (κ3) is 2.07. The number of alkyl halides is 3. The first-order valence-electron chi connectivity index (χ1n) is 8.20. The summed E-state index contributed by atoms with van der Waals surface area (Å²) in [5, 5.41) is 3.48. The molecule has 1 saturated carbocycles. The van der Waals surface area contributed by atoms with Crippen molar-refractivity contribution >= 4 is 5.69 Å². The molecule has 0 aromatic heterocycles. The summed E-state index contributed by atoms with van der Waals surface area (Å²) < 4.78 is 45.0. The van der Waals surface area contributed by atoms with Crippen molar-refractivity contribution in [3.63, 3.8) is 0 Å². The van der Waals surface area contributed by atoms with Gasteiger partial charge in [-0.2, -0.15) is 13.2 Å². The van der Waals surface area contributed by atoms with Crippen molar-refractivity contribution in [2.24, 2.45) is 5.92 Å². The van der Waals surface area contributed by atoms with E-state index >= 15 is 0 Å². The molecule has 2 aliphatic heterocycles. The van der Waals surface area contributed by atoms with Crippen LogP contribution in [0.5, 0.6) is 0 Å². The second kappa shape index (κ2) is 4.76. The Kier molecular flexibility index (Phi) is 2.84. The minimum atomic E-state index is -4.32. The van der Waals surface area contributed by atoms with Crippen LogP contribution in [-0.4, -0.2) is 12.2 Å². The van der Waals surface area contributed by atoms with Crippen molar-refractivity contribution in [2.75, 3.05) is 5.32 Å². The first-order chi connectivity index (χ1) is 11.5. The third-order valence-corrected chi connectivity index (χ3v) is 5.58. The quantitative estimate of drug-likeness (QED) is 0.763. The van der Waals surface area contributed by atoms with Gasteiger partial charge in [0.25, 0.3) is 0 Å². The number of hydrogen-bond donors (Lipinski definition) is 1. The second-order valence-corrected chi connectivity index (χ2v) is 6.90. The van der Waals surface area contributed by atoms with Gasteiger partial charge in [0.1, 0.15) is 0 Å². The van der Waals surface area contributed by atoms with E-state index in [0.29, 0.717) is 0 Å². The van der Waals surface area contributed by atoms with Gasteiger partial charge in [0.15, 0.2) is 0 Å². The molecular formula is C19H16F3NO. The molecule has 5 heteroatoms. The van der Waals surface area contributed by atoms with Gasteiger partial charge < -0.3 is 10.1 Å². The summed E-state index contributed by atoms with van der Waals surface area (Å²) in [5.41, 5.74) is 2.16. The predicted octanol–water partition coefficient (Wildman–Crippen LogP) is 4.74. The lowest BCUT2D eigenvalue weighted by Crippen LogP contribution is -2.32. The van der Waals surface area contributed by atoms with Crippen LogP contribution < -0.4 is 5.32 Å². The fraction of sp³-hybridized carbons (Fsp3) is 0.368. The minimum Gasteiger partial charge on any atom is -0.378 e. The number of halogens is 3. The zero-order chi connectivity index (χ0) is 16.5. The lowest BCUT2D eigenvalue weighted by atomic mass is 9.76. The summed E-state index contributed by atoms with van der Waals surface area (Å²) in [6.45, 7) is 0. The summed E-state index contributed by atoms with van der Waals surface area (Å²) in [6, 6.07) is 14.3. The molecule has 1 aliphatic carbocycles. The Balaban J connectivity index is 1.60. The maximum absolute atomic E-state index is 13.1.